The average molecular weight is 310 g/mol. The third kappa shape index (κ3) is 4.02. The van der Waals surface area contributed by atoms with E-state index in [0.29, 0.717) is 17.7 Å². The summed E-state index contributed by atoms with van der Waals surface area (Å²) in [7, 11) is 0. The molecule has 0 radical (unpaired) electrons. The molecule has 0 saturated heterocycles. The van der Waals surface area contributed by atoms with E-state index in [4.69, 9.17) is 9.73 Å². The summed E-state index contributed by atoms with van der Waals surface area (Å²) in [6, 6.07) is 0.509. The maximum Gasteiger partial charge on any atom is 0.235 e. The van der Waals surface area contributed by atoms with Crippen LogP contribution >= 0.6 is 0 Å². The monoisotopic (exact) mass is 310 g/mol. The number of nitrogens with zero attached hydrogens (tertiary/aromatic N) is 2. The number of ether oxygens (including phenoxy) is 1. The Labute approximate surface area is 136 Å². The van der Waals surface area contributed by atoms with Crippen LogP contribution in [0.1, 0.15) is 62.3 Å². The molecule has 1 amide bonds. The summed E-state index contributed by atoms with van der Waals surface area (Å²) >= 11 is 0. The fraction of sp³-hybridized carbons (Fsp3) is 0.889. The van der Waals surface area contributed by atoms with E-state index in [2.05, 4.69) is 55.4 Å². The first kappa shape index (κ1) is 19.0. The van der Waals surface area contributed by atoms with Gasteiger partial charge in [-0.3, -0.25) is 4.79 Å². The minimum absolute atomic E-state index is 0.0804. The van der Waals surface area contributed by atoms with Gasteiger partial charge in [0.2, 0.25) is 5.91 Å². The van der Waals surface area contributed by atoms with Crippen molar-refractivity contribution < 1.29 is 9.53 Å². The number of rotatable bonds is 6. The highest BCUT2D eigenvalue weighted by Gasteiger charge is 2.39. The maximum absolute atomic E-state index is 12.8. The molecule has 0 spiro atoms. The Balaban J connectivity index is 2.95. The van der Waals surface area contributed by atoms with E-state index in [-0.39, 0.29) is 36.1 Å². The molecule has 0 fully saturated rings. The predicted molar refractivity (Wildman–Crippen MR) is 92.1 cm³/mol. The van der Waals surface area contributed by atoms with Gasteiger partial charge in [-0.2, -0.15) is 0 Å². The lowest BCUT2D eigenvalue weighted by Gasteiger charge is -2.33. The van der Waals surface area contributed by atoms with Gasteiger partial charge >= 0.3 is 0 Å². The van der Waals surface area contributed by atoms with E-state index >= 15 is 0 Å². The summed E-state index contributed by atoms with van der Waals surface area (Å²) in [6.45, 7) is 18.8. The largest absolute Gasteiger partial charge is 0.475 e. The molecule has 1 rings (SSSR count). The first-order valence-corrected chi connectivity index (χ1v) is 8.64. The quantitative estimate of drug-likeness (QED) is 0.750. The number of carbonyl (C=O) groups excluding carboxylic acids is 1. The third-order valence-corrected chi connectivity index (χ3v) is 4.32. The minimum Gasteiger partial charge on any atom is -0.475 e. The van der Waals surface area contributed by atoms with Crippen LogP contribution in [0.25, 0.3) is 0 Å². The molecular formula is C18H34N2O2. The molecule has 4 heteroatoms. The summed E-state index contributed by atoms with van der Waals surface area (Å²) in [4.78, 5) is 19.5. The Morgan fingerprint density at radius 2 is 1.45 bits per heavy atom. The number of aliphatic imine (C=N–C) groups is 1. The van der Waals surface area contributed by atoms with Crippen LogP contribution in [0.15, 0.2) is 4.99 Å². The number of amides is 1. The van der Waals surface area contributed by atoms with Crippen molar-refractivity contribution in [1.29, 1.82) is 0 Å². The molecule has 1 aliphatic heterocycles. The zero-order valence-corrected chi connectivity index (χ0v) is 15.8. The van der Waals surface area contributed by atoms with E-state index in [9.17, 15) is 4.79 Å². The second kappa shape index (κ2) is 7.47. The minimum atomic E-state index is -0.310. The van der Waals surface area contributed by atoms with Gasteiger partial charge in [-0.1, -0.05) is 27.7 Å². The molecule has 1 aliphatic rings. The Morgan fingerprint density at radius 3 is 1.77 bits per heavy atom. The molecule has 128 valence electrons. The molecule has 4 nitrogen and oxygen atoms in total. The topological polar surface area (TPSA) is 41.9 Å². The summed E-state index contributed by atoms with van der Waals surface area (Å²) in [5.41, 5.74) is 0. The lowest BCUT2D eigenvalue weighted by atomic mass is 9.92. The smallest absolute Gasteiger partial charge is 0.235 e. The summed E-state index contributed by atoms with van der Waals surface area (Å²) in [5.74, 6) is 1.22. The van der Waals surface area contributed by atoms with Crippen LogP contribution in [0, 0.1) is 17.8 Å². The predicted octanol–water partition coefficient (Wildman–Crippen LogP) is 3.75. The first-order chi connectivity index (χ1) is 10.1. The van der Waals surface area contributed by atoms with E-state index in [1.54, 1.807) is 0 Å². The highest BCUT2D eigenvalue weighted by molar-refractivity contribution is 6.00. The zero-order valence-electron chi connectivity index (χ0n) is 15.8. The van der Waals surface area contributed by atoms with Gasteiger partial charge in [0.1, 0.15) is 12.0 Å². The lowest BCUT2D eigenvalue weighted by Crippen LogP contribution is -2.46. The van der Waals surface area contributed by atoms with Crippen LogP contribution in [-0.2, 0) is 9.53 Å². The molecule has 0 aromatic rings. The van der Waals surface area contributed by atoms with Crippen molar-refractivity contribution in [2.75, 3.05) is 0 Å². The molecule has 22 heavy (non-hydrogen) atoms. The van der Waals surface area contributed by atoms with Crippen molar-refractivity contribution in [3.8, 4) is 0 Å². The van der Waals surface area contributed by atoms with Crippen molar-refractivity contribution in [3.05, 3.63) is 0 Å². The SMILES string of the molecule is CC(C(=O)N(C(C)C)C(C)C)C1=N[C@@H](C(C)C)[C@H](C(C)C)O1. The first-order valence-electron chi connectivity index (χ1n) is 8.64. The standard InChI is InChI=1S/C18H34N2O2/c1-10(2)15-16(11(3)4)22-17(19-15)14(9)18(21)20(12(5)6)13(7)8/h10-16H,1-9H3/t14?,15-,16-/m0/s1. The van der Waals surface area contributed by atoms with Crippen molar-refractivity contribution >= 4 is 11.8 Å². The van der Waals surface area contributed by atoms with E-state index < -0.39 is 0 Å². The van der Waals surface area contributed by atoms with Crippen LogP contribution in [0.5, 0.6) is 0 Å². The van der Waals surface area contributed by atoms with Gasteiger partial charge in [-0.15, -0.1) is 0 Å². The molecule has 1 heterocycles. The van der Waals surface area contributed by atoms with Crippen LogP contribution in [-0.4, -0.2) is 40.9 Å². The van der Waals surface area contributed by atoms with Gasteiger partial charge < -0.3 is 9.64 Å². The molecule has 0 aromatic carbocycles. The van der Waals surface area contributed by atoms with Crippen molar-refractivity contribution in [3.63, 3.8) is 0 Å². The van der Waals surface area contributed by atoms with Crippen molar-refractivity contribution in [1.82, 2.24) is 4.90 Å². The van der Waals surface area contributed by atoms with Crippen LogP contribution in [0.3, 0.4) is 0 Å². The fourth-order valence-corrected chi connectivity index (χ4v) is 3.17. The zero-order chi connectivity index (χ0) is 17.2. The molecule has 3 atom stereocenters. The maximum atomic E-state index is 12.8. The van der Waals surface area contributed by atoms with Gasteiger partial charge in [0.25, 0.3) is 0 Å². The Bertz CT molecular complexity index is 405. The van der Waals surface area contributed by atoms with Crippen LogP contribution in [0.2, 0.25) is 0 Å². The average Bonchev–Trinajstić information content (AvgIpc) is 2.81. The number of hydrogen-bond donors (Lipinski definition) is 0. The summed E-state index contributed by atoms with van der Waals surface area (Å²) in [6.07, 6.45) is 0.0804. The van der Waals surface area contributed by atoms with Crippen LogP contribution < -0.4 is 0 Å². The van der Waals surface area contributed by atoms with E-state index in [0.717, 1.165) is 0 Å². The Kier molecular flexibility index (Phi) is 6.45. The van der Waals surface area contributed by atoms with Gasteiger partial charge in [0.15, 0.2) is 5.90 Å². The fourth-order valence-electron chi connectivity index (χ4n) is 3.17. The molecule has 0 aromatic heterocycles. The lowest BCUT2D eigenvalue weighted by molar-refractivity contribution is -0.137. The Morgan fingerprint density at radius 1 is 0.955 bits per heavy atom. The third-order valence-electron chi connectivity index (χ3n) is 4.32. The summed E-state index contributed by atoms with van der Waals surface area (Å²) in [5, 5.41) is 0. The van der Waals surface area contributed by atoms with Gasteiger partial charge in [0.05, 0.1) is 6.04 Å². The normalized spacial score (nSPS) is 23.2. The van der Waals surface area contributed by atoms with Crippen molar-refractivity contribution in [2.45, 2.75) is 86.5 Å². The number of hydrogen-bond acceptors (Lipinski definition) is 3. The molecule has 0 bridgehead atoms. The van der Waals surface area contributed by atoms with E-state index in [1.165, 1.54) is 0 Å². The van der Waals surface area contributed by atoms with Gasteiger partial charge in [-0.05, 0) is 46.5 Å². The van der Waals surface area contributed by atoms with E-state index in [1.807, 2.05) is 11.8 Å². The molecule has 1 unspecified atom stereocenters. The highest BCUT2D eigenvalue weighted by Crippen LogP contribution is 2.29. The highest BCUT2D eigenvalue weighted by atomic mass is 16.5. The van der Waals surface area contributed by atoms with Crippen molar-refractivity contribution in [2.24, 2.45) is 22.7 Å². The summed E-state index contributed by atoms with van der Waals surface area (Å²) < 4.78 is 6.09. The second-order valence-electron chi connectivity index (χ2n) is 7.68. The van der Waals surface area contributed by atoms with Gasteiger partial charge in [-0.25, -0.2) is 4.99 Å². The molecule has 0 N–H and O–H groups in total. The second-order valence-corrected chi connectivity index (χ2v) is 7.68. The number of carbonyl (C=O) groups is 1. The molecule has 0 aliphatic carbocycles. The molecular weight excluding hydrogens is 276 g/mol. The Hall–Kier alpha value is -1.06. The van der Waals surface area contributed by atoms with Gasteiger partial charge in [0, 0.05) is 12.1 Å². The van der Waals surface area contributed by atoms with Crippen LogP contribution in [0.4, 0.5) is 0 Å². The molecule has 0 saturated carbocycles.